The summed E-state index contributed by atoms with van der Waals surface area (Å²) in [5.74, 6) is -1.88. The molecule has 0 N–H and O–H groups in total. The Morgan fingerprint density at radius 1 is 1.20 bits per heavy atom. The minimum atomic E-state index is -0.806. The quantitative estimate of drug-likeness (QED) is 0.383. The van der Waals surface area contributed by atoms with E-state index in [0.717, 1.165) is 18.4 Å². The largest absolute Gasteiger partial charge is 0.468 e. The lowest BCUT2D eigenvalue weighted by Gasteiger charge is -2.11. The third-order valence-electron chi connectivity index (χ3n) is 2.07. The van der Waals surface area contributed by atoms with E-state index in [2.05, 4.69) is 16.1 Å². The van der Waals surface area contributed by atoms with Crippen molar-refractivity contribution >= 4 is 11.9 Å². The fraction of sp³-hybridized carbons (Fsp3) is 0.636. The molecule has 0 unspecified atom stereocenters. The van der Waals surface area contributed by atoms with Gasteiger partial charge >= 0.3 is 11.9 Å². The van der Waals surface area contributed by atoms with Crippen molar-refractivity contribution < 1.29 is 19.1 Å². The molecule has 4 heteroatoms. The average Bonchev–Trinajstić information content (AvgIpc) is 2.22. The number of esters is 2. The average molecular weight is 214 g/mol. The second-order valence-corrected chi connectivity index (χ2v) is 3.45. The molecule has 0 saturated heterocycles. The van der Waals surface area contributed by atoms with Crippen LogP contribution in [0.2, 0.25) is 0 Å². The van der Waals surface area contributed by atoms with E-state index in [0.29, 0.717) is 6.42 Å². The third-order valence-corrected chi connectivity index (χ3v) is 2.07. The molecule has 0 spiro atoms. The minimum absolute atomic E-state index is 0.437. The standard InChI is InChI=1S/C11H18O4/c1-8(2)6-5-7-9(10(12)14-3)11(13)15-4/h9H,1,5-7H2,2-4H3. The Bertz CT molecular complexity index is 229. The normalized spacial score (nSPS) is 9.87. The number of carbonyl (C=O) groups excluding carboxylic acids is 2. The van der Waals surface area contributed by atoms with Crippen LogP contribution >= 0.6 is 0 Å². The van der Waals surface area contributed by atoms with Gasteiger partial charge in [0.25, 0.3) is 0 Å². The van der Waals surface area contributed by atoms with Crippen LogP contribution in [0, 0.1) is 5.92 Å². The van der Waals surface area contributed by atoms with Crippen LogP contribution in [-0.2, 0) is 19.1 Å². The maximum absolute atomic E-state index is 11.2. The van der Waals surface area contributed by atoms with Crippen LogP contribution in [0.15, 0.2) is 12.2 Å². The molecule has 0 aromatic heterocycles. The van der Waals surface area contributed by atoms with E-state index in [9.17, 15) is 9.59 Å². The fourth-order valence-electron chi connectivity index (χ4n) is 1.22. The Labute approximate surface area is 90.2 Å². The molecule has 15 heavy (non-hydrogen) atoms. The molecule has 4 nitrogen and oxygen atoms in total. The molecule has 0 aromatic carbocycles. The Balaban J connectivity index is 4.19. The van der Waals surface area contributed by atoms with Gasteiger partial charge in [0, 0.05) is 0 Å². The maximum atomic E-state index is 11.2. The van der Waals surface area contributed by atoms with E-state index in [4.69, 9.17) is 0 Å². The van der Waals surface area contributed by atoms with Gasteiger partial charge in [-0.25, -0.2) is 0 Å². The first-order valence-corrected chi connectivity index (χ1v) is 4.83. The summed E-state index contributed by atoms with van der Waals surface area (Å²) >= 11 is 0. The van der Waals surface area contributed by atoms with E-state index in [1.807, 2.05) is 6.92 Å². The molecule has 0 saturated carbocycles. The van der Waals surface area contributed by atoms with Crippen LogP contribution in [0.25, 0.3) is 0 Å². The highest BCUT2D eigenvalue weighted by Gasteiger charge is 2.27. The monoisotopic (exact) mass is 214 g/mol. The van der Waals surface area contributed by atoms with Crippen molar-refractivity contribution in [2.24, 2.45) is 5.92 Å². The van der Waals surface area contributed by atoms with Gasteiger partial charge in [0.1, 0.15) is 0 Å². The Morgan fingerprint density at radius 3 is 2.00 bits per heavy atom. The van der Waals surface area contributed by atoms with Gasteiger partial charge in [0.2, 0.25) is 0 Å². The van der Waals surface area contributed by atoms with Crippen LogP contribution < -0.4 is 0 Å². The van der Waals surface area contributed by atoms with Crippen LogP contribution in [0.5, 0.6) is 0 Å². The summed E-state index contributed by atoms with van der Waals surface area (Å²) in [6.07, 6.45) is 1.96. The topological polar surface area (TPSA) is 52.6 Å². The summed E-state index contributed by atoms with van der Waals surface area (Å²) in [5.41, 5.74) is 1.03. The van der Waals surface area contributed by atoms with E-state index >= 15 is 0 Å². The van der Waals surface area contributed by atoms with Crippen LogP contribution in [-0.4, -0.2) is 26.2 Å². The van der Waals surface area contributed by atoms with Crippen molar-refractivity contribution in [2.45, 2.75) is 26.2 Å². The zero-order valence-electron chi connectivity index (χ0n) is 9.54. The molecule has 0 heterocycles. The van der Waals surface area contributed by atoms with Gasteiger partial charge in [-0.1, -0.05) is 5.57 Å². The van der Waals surface area contributed by atoms with Crippen LogP contribution in [0.4, 0.5) is 0 Å². The van der Waals surface area contributed by atoms with Gasteiger partial charge in [0.05, 0.1) is 14.2 Å². The molecule has 86 valence electrons. The van der Waals surface area contributed by atoms with Gasteiger partial charge in [-0.3, -0.25) is 9.59 Å². The van der Waals surface area contributed by atoms with Gasteiger partial charge in [-0.2, -0.15) is 0 Å². The second-order valence-electron chi connectivity index (χ2n) is 3.45. The molecule has 0 aliphatic rings. The number of hydrogen-bond donors (Lipinski definition) is 0. The summed E-state index contributed by atoms with van der Waals surface area (Å²) in [6, 6.07) is 0. The van der Waals surface area contributed by atoms with Crippen molar-refractivity contribution in [3.8, 4) is 0 Å². The van der Waals surface area contributed by atoms with E-state index < -0.39 is 17.9 Å². The molecule has 0 bridgehead atoms. The summed E-state index contributed by atoms with van der Waals surface area (Å²) in [7, 11) is 2.52. The number of hydrogen-bond acceptors (Lipinski definition) is 4. The lowest BCUT2D eigenvalue weighted by atomic mass is 10.0. The Hall–Kier alpha value is -1.32. The lowest BCUT2D eigenvalue weighted by Crippen LogP contribution is -2.26. The molecule has 0 aliphatic carbocycles. The summed E-state index contributed by atoms with van der Waals surface area (Å²) < 4.78 is 9.06. The highest BCUT2D eigenvalue weighted by Crippen LogP contribution is 2.14. The SMILES string of the molecule is C=C(C)CCCC(C(=O)OC)C(=O)OC. The lowest BCUT2D eigenvalue weighted by molar-refractivity contribution is -0.159. The van der Waals surface area contributed by atoms with Gasteiger partial charge in [-0.05, 0) is 26.2 Å². The third kappa shape index (κ3) is 5.20. The number of allylic oxidation sites excluding steroid dienone is 1. The Morgan fingerprint density at radius 2 is 1.67 bits per heavy atom. The van der Waals surface area contributed by atoms with Crippen molar-refractivity contribution in [1.29, 1.82) is 0 Å². The minimum Gasteiger partial charge on any atom is -0.468 e. The first-order chi connectivity index (χ1) is 7.02. The first kappa shape index (κ1) is 13.7. The molecule has 0 fully saturated rings. The maximum Gasteiger partial charge on any atom is 0.320 e. The molecule has 0 atom stereocenters. The predicted octanol–water partition coefficient (Wildman–Crippen LogP) is 1.70. The van der Waals surface area contributed by atoms with Gasteiger partial charge in [-0.15, -0.1) is 6.58 Å². The second kappa shape index (κ2) is 7.04. The molecule has 0 amide bonds. The molecule has 0 radical (unpaired) electrons. The number of methoxy groups -OCH3 is 2. The zero-order chi connectivity index (χ0) is 11.8. The van der Waals surface area contributed by atoms with Gasteiger partial charge < -0.3 is 9.47 Å². The van der Waals surface area contributed by atoms with E-state index in [1.54, 1.807) is 0 Å². The highest BCUT2D eigenvalue weighted by molar-refractivity contribution is 5.94. The summed E-state index contributed by atoms with van der Waals surface area (Å²) in [4.78, 5) is 22.5. The first-order valence-electron chi connectivity index (χ1n) is 4.83. The van der Waals surface area contributed by atoms with Crippen LogP contribution in [0.1, 0.15) is 26.2 Å². The van der Waals surface area contributed by atoms with Crippen molar-refractivity contribution in [3.63, 3.8) is 0 Å². The summed E-state index contributed by atoms with van der Waals surface area (Å²) in [6.45, 7) is 5.66. The molecule has 0 rings (SSSR count). The number of rotatable bonds is 6. The van der Waals surface area contributed by atoms with E-state index in [1.165, 1.54) is 14.2 Å². The van der Waals surface area contributed by atoms with Crippen molar-refractivity contribution in [2.75, 3.05) is 14.2 Å². The molecule has 0 aliphatic heterocycles. The molecular formula is C11H18O4. The predicted molar refractivity (Wildman–Crippen MR) is 56.2 cm³/mol. The molecule has 0 aromatic rings. The van der Waals surface area contributed by atoms with Crippen molar-refractivity contribution in [3.05, 3.63) is 12.2 Å². The van der Waals surface area contributed by atoms with Crippen LogP contribution in [0.3, 0.4) is 0 Å². The van der Waals surface area contributed by atoms with Gasteiger partial charge in [0.15, 0.2) is 5.92 Å². The van der Waals surface area contributed by atoms with E-state index in [-0.39, 0.29) is 0 Å². The number of carbonyl (C=O) groups is 2. The zero-order valence-corrected chi connectivity index (χ0v) is 9.54. The fourth-order valence-corrected chi connectivity index (χ4v) is 1.22. The summed E-state index contributed by atoms with van der Waals surface area (Å²) in [5, 5.41) is 0. The number of ether oxygens (including phenoxy) is 2. The Kier molecular flexibility index (Phi) is 6.42. The smallest absolute Gasteiger partial charge is 0.320 e. The molecular weight excluding hydrogens is 196 g/mol. The highest BCUT2D eigenvalue weighted by atomic mass is 16.5. The van der Waals surface area contributed by atoms with Crippen molar-refractivity contribution in [1.82, 2.24) is 0 Å².